The molecule has 0 fully saturated rings. The third-order valence-electron chi connectivity index (χ3n) is 2.75. The molecule has 2 aromatic rings. The molecule has 1 amide bonds. The zero-order valence-corrected chi connectivity index (χ0v) is 10.9. The van der Waals surface area contributed by atoms with Crippen molar-refractivity contribution in [2.24, 2.45) is 0 Å². The molecule has 0 unspecified atom stereocenters. The van der Waals surface area contributed by atoms with Crippen LogP contribution in [0.3, 0.4) is 0 Å². The van der Waals surface area contributed by atoms with Crippen LogP contribution in [0.1, 0.15) is 5.56 Å². The second-order valence-corrected chi connectivity index (χ2v) is 4.35. The second kappa shape index (κ2) is 6.14. The first-order valence-corrected chi connectivity index (χ1v) is 6.10. The van der Waals surface area contributed by atoms with Crippen LogP contribution in [0.2, 0.25) is 0 Å². The molecular formula is C15H14F2N2O. The first kappa shape index (κ1) is 14.0. The largest absolute Gasteiger partial charge is 0.374 e. The number of carbonyl (C=O) groups excluding carboxylic acids is 1. The van der Waals surface area contributed by atoms with Gasteiger partial charge in [-0.15, -0.1) is 0 Å². The molecule has 2 N–H and O–H groups in total. The summed E-state index contributed by atoms with van der Waals surface area (Å²) in [5.74, 6) is -1.44. The lowest BCUT2D eigenvalue weighted by atomic mass is 10.2. The molecule has 0 bridgehead atoms. The highest BCUT2D eigenvalue weighted by atomic mass is 19.1. The molecule has 0 atom stereocenters. The van der Waals surface area contributed by atoms with Crippen molar-refractivity contribution in [3.8, 4) is 0 Å². The van der Waals surface area contributed by atoms with Gasteiger partial charge in [-0.05, 0) is 30.7 Å². The van der Waals surface area contributed by atoms with Crippen molar-refractivity contribution in [1.29, 1.82) is 0 Å². The number of benzene rings is 2. The van der Waals surface area contributed by atoms with Crippen molar-refractivity contribution < 1.29 is 13.6 Å². The van der Waals surface area contributed by atoms with Gasteiger partial charge in [0, 0.05) is 11.8 Å². The first-order chi connectivity index (χ1) is 9.56. The smallest absolute Gasteiger partial charge is 0.243 e. The Kier molecular flexibility index (Phi) is 4.30. The Hall–Kier alpha value is -2.43. The van der Waals surface area contributed by atoms with E-state index in [1.54, 1.807) is 24.3 Å². The number of hydrogen-bond acceptors (Lipinski definition) is 2. The molecule has 0 spiro atoms. The second-order valence-electron chi connectivity index (χ2n) is 4.35. The maximum absolute atomic E-state index is 13.5. The number of carbonyl (C=O) groups is 1. The number of rotatable bonds is 4. The molecule has 0 saturated carbocycles. The Labute approximate surface area is 115 Å². The fraction of sp³-hybridized carbons (Fsp3) is 0.133. The van der Waals surface area contributed by atoms with E-state index in [2.05, 4.69) is 10.6 Å². The average molecular weight is 276 g/mol. The van der Waals surface area contributed by atoms with Gasteiger partial charge < -0.3 is 10.6 Å². The van der Waals surface area contributed by atoms with E-state index in [1.807, 2.05) is 6.07 Å². The monoisotopic (exact) mass is 276 g/mol. The van der Waals surface area contributed by atoms with Crippen LogP contribution in [0.4, 0.5) is 20.2 Å². The predicted molar refractivity (Wildman–Crippen MR) is 74.7 cm³/mol. The van der Waals surface area contributed by atoms with Crippen molar-refractivity contribution in [2.75, 3.05) is 17.2 Å². The topological polar surface area (TPSA) is 41.1 Å². The van der Waals surface area contributed by atoms with Crippen molar-refractivity contribution in [2.45, 2.75) is 6.92 Å². The molecule has 0 heterocycles. The molecule has 0 aliphatic heterocycles. The average Bonchev–Trinajstić information content (AvgIpc) is 2.42. The maximum Gasteiger partial charge on any atom is 0.243 e. The van der Waals surface area contributed by atoms with Gasteiger partial charge in [0.1, 0.15) is 11.6 Å². The molecule has 0 aromatic heterocycles. The number of aryl methyl sites for hydroxylation is 1. The number of amides is 1. The summed E-state index contributed by atoms with van der Waals surface area (Å²) in [4.78, 5) is 11.7. The normalized spacial score (nSPS) is 10.2. The van der Waals surface area contributed by atoms with E-state index in [0.29, 0.717) is 5.69 Å². The van der Waals surface area contributed by atoms with Crippen LogP contribution in [0.25, 0.3) is 0 Å². The zero-order chi connectivity index (χ0) is 14.5. The highest BCUT2D eigenvalue weighted by Crippen LogP contribution is 2.18. The molecule has 2 aromatic carbocycles. The molecule has 0 aliphatic rings. The van der Waals surface area contributed by atoms with E-state index in [1.165, 1.54) is 6.92 Å². The number of hydrogen-bond donors (Lipinski definition) is 2. The molecule has 2 rings (SSSR count). The summed E-state index contributed by atoms with van der Waals surface area (Å²) in [6, 6.07) is 11.0. The molecule has 0 aliphatic carbocycles. The third kappa shape index (κ3) is 3.54. The Balaban J connectivity index is 1.95. The van der Waals surface area contributed by atoms with Crippen LogP contribution in [0.5, 0.6) is 0 Å². The highest BCUT2D eigenvalue weighted by molar-refractivity contribution is 5.93. The molecule has 3 nitrogen and oxygen atoms in total. The molecule has 104 valence electrons. The fourth-order valence-electron chi connectivity index (χ4n) is 1.68. The molecule has 20 heavy (non-hydrogen) atoms. The number of anilines is 2. The molecule has 0 saturated heterocycles. The first-order valence-electron chi connectivity index (χ1n) is 6.10. The van der Waals surface area contributed by atoms with E-state index in [4.69, 9.17) is 0 Å². The lowest BCUT2D eigenvalue weighted by Crippen LogP contribution is -2.22. The van der Waals surface area contributed by atoms with Crippen LogP contribution in [-0.2, 0) is 4.79 Å². The summed E-state index contributed by atoms with van der Waals surface area (Å²) in [5.41, 5.74) is 0.841. The lowest BCUT2D eigenvalue weighted by Gasteiger charge is -2.09. The van der Waals surface area contributed by atoms with Crippen LogP contribution < -0.4 is 10.6 Å². The Morgan fingerprint density at radius 3 is 2.50 bits per heavy atom. The van der Waals surface area contributed by atoms with Gasteiger partial charge in [-0.25, -0.2) is 8.78 Å². The lowest BCUT2D eigenvalue weighted by molar-refractivity contribution is -0.114. The van der Waals surface area contributed by atoms with Gasteiger partial charge in [0.25, 0.3) is 0 Å². The highest BCUT2D eigenvalue weighted by Gasteiger charge is 2.08. The minimum atomic E-state index is -0.587. The SMILES string of the molecule is Cc1cc(F)c(NCC(=O)Nc2ccccc2)cc1F. The van der Waals surface area contributed by atoms with Crippen LogP contribution in [0, 0.1) is 18.6 Å². The maximum atomic E-state index is 13.5. The van der Waals surface area contributed by atoms with Gasteiger partial charge >= 0.3 is 0 Å². The quantitative estimate of drug-likeness (QED) is 0.899. The van der Waals surface area contributed by atoms with E-state index < -0.39 is 11.6 Å². The summed E-state index contributed by atoms with van der Waals surface area (Å²) >= 11 is 0. The van der Waals surface area contributed by atoms with Gasteiger partial charge in [0.2, 0.25) is 5.91 Å². The summed E-state index contributed by atoms with van der Waals surface area (Å²) in [6.07, 6.45) is 0. The summed E-state index contributed by atoms with van der Waals surface area (Å²) < 4.78 is 26.9. The van der Waals surface area contributed by atoms with Crippen molar-refractivity contribution in [1.82, 2.24) is 0 Å². The summed E-state index contributed by atoms with van der Waals surface area (Å²) in [7, 11) is 0. The van der Waals surface area contributed by atoms with Crippen molar-refractivity contribution in [3.63, 3.8) is 0 Å². The van der Waals surface area contributed by atoms with Gasteiger partial charge in [-0.3, -0.25) is 4.79 Å². The summed E-state index contributed by atoms with van der Waals surface area (Å²) in [5, 5.41) is 5.21. The number of nitrogens with one attached hydrogen (secondary N) is 2. The van der Waals surface area contributed by atoms with Gasteiger partial charge in [0.05, 0.1) is 12.2 Å². The summed E-state index contributed by atoms with van der Waals surface area (Å²) in [6.45, 7) is 1.33. The van der Waals surface area contributed by atoms with E-state index in [0.717, 1.165) is 12.1 Å². The molecule has 5 heteroatoms. The number of halogens is 2. The predicted octanol–water partition coefficient (Wildman–Crippen LogP) is 3.32. The minimum Gasteiger partial charge on any atom is -0.374 e. The van der Waals surface area contributed by atoms with Crippen LogP contribution in [-0.4, -0.2) is 12.5 Å². The Morgan fingerprint density at radius 2 is 1.80 bits per heavy atom. The number of para-hydroxylation sites is 1. The minimum absolute atomic E-state index is 0.0312. The third-order valence-corrected chi connectivity index (χ3v) is 2.75. The van der Waals surface area contributed by atoms with Crippen molar-refractivity contribution >= 4 is 17.3 Å². The van der Waals surface area contributed by atoms with Crippen LogP contribution >= 0.6 is 0 Å². The van der Waals surface area contributed by atoms with Crippen LogP contribution in [0.15, 0.2) is 42.5 Å². The van der Waals surface area contributed by atoms with Gasteiger partial charge in [-0.2, -0.15) is 0 Å². The fourth-order valence-corrected chi connectivity index (χ4v) is 1.68. The van der Waals surface area contributed by atoms with Crippen molar-refractivity contribution in [3.05, 3.63) is 59.7 Å². The zero-order valence-electron chi connectivity index (χ0n) is 10.9. The molecular weight excluding hydrogens is 262 g/mol. The van der Waals surface area contributed by atoms with E-state index in [9.17, 15) is 13.6 Å². The van der Waals surface area contributed by atoms with Gasteiger partial charge in [-0.1, -0.05) is 18.2 Å². The molecule has 0 radical (unpaired) electrons. The standard InChI is InChI=1S/C15H14F2N2O/c1-10-7-13(17)14(8-12(10)16)18-9-15(20)19-11-5-3-2-4-6-11/h2-8,18H,9H2,1H3,(H,19,20). The van der Waals surface area contributed by atoms with E-state index in [-0.39, 0.29) is 23.7 Å². The Morgan fingerprint density at radius 1 is 1.10 bits per heavy atom. The van der Waals surface area contributed by atoms with E-state index >= 15 is 0 Å². The Bertz CT molecular complexity index is 615. The van der Waals surface area contributed by atoms with Gasteiger partial charge in [0.15, 0.2) is 0 Å².